The zero-order chi connectivity index (χ0) is 53.1. The van der Waals surface area contributed by atoms with E-state index >= 15 is 9.59 Å². The van der Waals surface area contributed by atoms with Gasteiger partial charge < -0.3 is 42.6 Å². The number of ether oxygens (including phenoxy) is 6. The maximum Gasteiger partial charge on any atom is 0.509 e. The molecule has 15 nitrogen and oxygen atoms in total. The molecule has 1 spiro atoms. The molecule has 0 unspecified atom stereocenters. The van der Waals surface area contributed by atoms with Crippen LogP contribution in [0.5, 0.6) is 0 Å². The molecule has 1 amide bonds. The van der Waals surface area contributed by atoms with Crippen molar-refractivity contribution in [3.63, 3.8) is 0 Å². The predicted octanol–water partition coefficient (Wildman–Crippen LogP) is 9.75. The first-order chi connectivity index (χ1) is 33.6. The summed E-state index contributed by atoms with van der Waals surface area (Å²) in [6.07, 6.45) is -8.32. The van der Waals surface area contributed by atoms with E-state index in [1.165, 1.54) is 6.92 Å². The highest BCUT2D eigenvalue weighted by Gasteiger charge is 2.81. The molecule has 0 aromatic heterocycles. The number of esters is 3. The van der Waals surface area contributed by atoms with Crippen molar-refractivity contribution in [3.8, 4) is 0 Å². The van der Waals surface area contributed by atoms with Gasteiger partial charge in [-0.15, -0.1) is 0 Å². The molecule has 2 aliphatic heterocycles. The molecule has 17 heteroatoms. The van der Waals surface area contributed by atoms with Crippen molar-refractivity contribution in [2.24, 2.45) is 22.7 Å². The summed E-state index contributed by atoms with van der Waals surface area (Å²) >= 11 is 0. The summed E-state index contributed by atoms with van der Waals surface area (Å²) in [5, 5.41) is 2.70. The van der Waals surface area contributed by atoms with Crippen LogP contribution in [0.15, 0.2) is 71.8 Å². The normalized spacial score (nSPS) is 30.7. The molecule has 5 aliphatic rings. The summed E-state index contributed by atoms with van der Waals surface area (Å²) in [5.74, 6) is -4.87. The van der Waals surface area contributed by atoms with Crippen molar-refractivity contribution in [2.75, 3.05) is 6.61 Å². The Balaban J connectivity index is 1.45. The lowest BCUT2D eigenvalue weighted by atomic mass is 9.44. The topological polar surface area (TPSA) is 188 Å². The Kier molecular flexibility index (Phi) is 15.2. The minimum absolute atomic E-state index is 0.126. The molecular weight excluding hydrogens is 955 g/mol. The van der Waals surface area contributed by atoms with Gasteiger partial charge in [0.2, 0.25) is 0 Å². The van der Waals surface area contributed by atoms with E-state index in [4.69, 9.17) is 37.3 Å². The van der Waals surface area contributed by atoms with Gasteiger partial charge in [-0.2, -0.15) is 0 Å². The Hall–Kier alpha value is -4.69. The standard InChI is InChI=1S/C55H77NO14Si2/c1-16-72(17-2,18-3)69-38-29-39-54(31-63-39,67-48(60)32(4)5)44-46-55(68-50(62)66-46)30-37(33(6)40(52(55,11)12)42(64-34(7)57)45(58)53(38,44)13)65-49(61)43(70-71(14,15)51(8,9)10)41(35-25-21-19-22-26-35)56-47(59)36-27-23-20-24-28-36/h19-28,32,37-39,41-44,46H,16-18,29-31H2,1-15H3,(H,56,59)/t37-,38-,39+,41-,42+,43+,44-,46-,53+,54-,55+/m0/s1. The molecule has 2 aromatic rings. The van der Waals surface area contributed by atoms with Gasteiger partial charge in [0.25, 0.3) is 5.91 Å². The van der Waals surface area contributed by atoms with Crippen LogP contribution in [0, 0.1) is 22.7 Å². The predicted molar refractivity (Wildman–Crippen MR) is 272 cm³/mol. The molecule has 2 saturated heterocycles. The Morgan fingerprint density at radius 3 is 2.00 bits per heavy atom. The maximum absolute atomic E-state index is 16.4. The fourth-order valence-corrected chi connectivity index (χ4v) is 16.2. The molecule has 72 heavy (non-hydrogen) atoms. The van der Waals surface area contributed by atoms with Gasteiger partial charge in [0.15, 0.2) is 51.9 Å². The second-order valence-corrected chi connectivity index (χ2v) is 32.7. The van der Waals surface area contributed by atoms with Crippen LogP contribution in [0.2, 0.25) is 36.3 Å². The number of hydrogen-bond acceptors (Lipinski definition) is 14. The zero-order valence-corrected chi connectivity index (χ0v) is 46.9. The Labute approximate surface area is 427 Å². The molecule has 2 heterocycles. The van der Waals surface area contributed by atoms with Crippen molar-refractivity contribution < 1.29 is 66.0 Å². The lowest BCUT2D eigenvalue weighted by Gasteiger charge is -2.67. The zero-order valence-electron chi connectivity index (χ0n) is 44.9. The van der Waals surface area contributed by atoms with Crippen LogP contribution in [0.25, 0.3) is 0 Å². The van der Waals surface area contributed by atoms with E-state index in [1.807, 2.05) is 52.1 Å². The Morgan fingerprint density at radius 1 is 0.875 bits per heavy atom. The van der Waals surface area contributed by atoms with Crippen LogP contribution >= 0.6 is 0 Å². The van der Waals surface area contributed by atoms with Gasteiger partial charge in [-0.25, -0.2) is 9.59 Å². The van der Waals surface area contributed by atoms with Crippen molar-refractivity contribution in [3.05, 3.63) is 82.9 Å². The minimum atomic E-state index is -2.89. The molecular formula is C55H77NO14Si2. The van der Waals surface area contributed by atoms with Gasteiger partial charge in [-0.1, -0.05) is 118 Å². The molecule has 3 aliphatic carbocycles. The fourth-order valence-electron chi connectivity index (χ4n) is 12.0. The van der Waals surface area contributed by atoms with E-state index in [0.29, 0.717) is 16.7 Å². The van der Waals surface area contributed by atoms with E-state index in [9.17, 15) is 19.2 Å². The number of carbonyl (C=O) groups is 6. The first-order valence-electron chi connectivity index (χ1n) is 25.7. The Morgan fingerprint density at radius 2 is 1.47 bits per heavy atom. The van der Waals surface area contributed by atoms with Crippen molar-refractivity contribution >= 4 is 52.4 Å². The first-order valence-corrected chi connectivity index (χ1v) is 31.2. The van der Waals surface area contributed by atoms with Crippen LogP contribution in [-0.4, -0.2) is 107 Å². The van der Waals surface area contributed by atoms with Gasteiger partial charge in [0, 0.05) is 30.7 Å². The van der Waals surface area contributed by atoms with Gasteiger partial charge in [0.1, 0.15) is 12.2 Å². The third-order valence-electron chi connectivity index (χ3n) is 17.6. The van der Waals surface area contributed by atoms with E-state index in [-0.39, 0.29) is 25.0 Å². The number of nitrogens with one attached hydrogen (secondary N) is 1. The molecule has 1 N–H and O–H groups in total. The molecule has 7 rings (SSSR count). The lowest BCUT2D eigenvalue weighted by molar-refractivity contribution is -0.337. The third kappa shape index (κ3) is 9.21. The largest absolute Gasteiger partial charge is 0.509 e. The van der Waals surface area contributed by atoms with Gasteiger partial charge in [-0.3, -0.25) is 19.2 Å². The summed E-state index contributed by atoms with van der Waals surface area (Å²) in [7, 11) is -5.45. The molecule has 2 bridgehead atoms. The van der Waals surface area contributed by atoms with Gasteiger partial charge in [0.05, 0.1) is 36.0 Å². The number of carbonyl (C=O) groups excluding carboxylic acids is 6. The van der Waals surface area contributed by atoms with E-state index in [1.54, 1.807) is 84.0 Å². The smallest absolute Gasteiger partial charge is 0.456 e. The number of ketones is 1. The molecule has 2 aromatic carbocycles. The molecule has 0 radical (unpaired) electrons. The number of fused-ring (bicyclic) bond motifs is 5. The summed E-state index contributed by atoms with van der Waals surface area (Å²) < 4.78 is 53.5. The van der Waals surface area contributed by atoms with Crippen molar-refractivity contribution in [2.45, 2.75) is 193 Å². The number of hydrogen-bond donors (Lipinski definition) is 1. The van der Waals surface area contributed by atoms with E-state index in [0.717, 1.165) is 18.1 Å². The second kappa shape index (κ2) is 19.9. The lowest BCUT2D eigenvalue weighted by Crippen LogP contribution is -2.81. The van der Waals surface area contributed by atoms with Crippen LogP contribution in [0.3, 0.4) is 0 Å². The van der Waals surface area contributed by atoms with E-state index in [2.05, 4.69) is 26.1 Å². The van der Waals surface area contributed by atoms with Crippen LogP contribution < -0.4 is 5.32 Å². The SMILES string of the molecule is CC[Si](CC)(CC)O[C@H]1C[C@H]2OC[C@@]2(OC(=O)C(C)C)[C@H]2[C@@H]3OC(=O)O[C@]34C[C@H](OC(=O)[C@H](O[Si](C)(C)C(C)(C)C)[C@@H](NC(=O)c3ccccc3)c3ccccc3)C(C)=C([C@@H](OC(C)=O)C(=O)[C@]12C)C4(C)C. The van der Waals surface area contributed by atoms with Gasteiger partial charge in [-0.05, 0) is 79.0 Å². The molecule has 4 fully saturated rings. The summed E-state index contributed by atoms with van der Waals surface area (Å²) in [6, 6.07) is 18.9. The fraction of sp³-hybridized carbons (Fsp3) is 0.636. The first kappa shape index (κ1) is 55.1. The van der Waals surface area contributed by atoms with Gasteiger partial charge >= 0.3 is 24.1 Å². The average Bonchev–Trinajstić information content (AvgIpc) is 3.65. The molecule has 2 saturated carbocycles. The van der Waals surface area contributed by atoms with Crippen LogP contribution in [-0.2, 0) is 56.5 Å². The highest BCUT2D eigenvalue weighted by Crippen LogP contribution is 2.67. The van der Waals surface area contributed by atoms with Crippen molar-refractivity contribution in [1.29, 1.82) is 0 Å². The quantitative estimate of drug-likeness (QED) is 0.0724. The highest BCUT2D eigenvalue weighted by molar-refractivity contribution is 6.74. The minimum Gasteiger partial charge on any atom is -0.456 e. The molecule has 11 atom stereocenters. The van der Waals surface area contributed by atoms with Crippen LogP contribution in [0.4, 0.5) is 4.79 Å². The average molecular weight is 1030 g/mol. The summed E-state index contributed by atoms with van der Waals surface area (Å²) in [5.41, 5.74) is -4.70. The molecule has 394 valence electrons. The highest BCUT2D eigenvalue weighted by atomic mass is 28.4. The monoisotopic (exact) mass is 1030 g/mol. The summed E-state index contributed by atoms with van der Waals surface area (Å²) in [6.45, 7) is 28.0. The summed E-state index contributed by atoms with van der Waals surface area (Å²) in [4.78, 5) is 88.0. The van der Waals surface area contributed by atoms with E-state index < -0.39 is 134 Å². The number of benzene rings is 2. The number of rotatable bonds is 16. The number of Topliss-reactive ketones (excluding diaryl/α,β-unsaturated/α-hetero) is 1. The van der Waals surface area contributed by atoms with Crippen LogP contribution in [0.1, 0.15) is 125 Å². The van der Waals surface area contributed by atoms with Crippen molar-refractivity contribution in [1.82, 2.24) is 5.32 Å². The second-order valence-electron chi connectivity index (χ2n) is 23.2. The Bertz CT molecular complexity index is 2440. The maximum atomic E-state index is 16.4. The third-order valence-corrected chi connectivity index (χ3v) is 26.7. The number of amides is 1.